The number of hydrogen-bond donors (Lipinski definition) is 2. The maximum absolute atomic E-state index is 13.4. The number of nitrogens with one attached hydrogen (secondary N) is 2. The average Bonchev–Trinajstić information content (AvgIpc) is 3.17. The highest BCUT2D eigenvalue weighted by Crippen LogP contribution is 2.34. The van der Waals surface area contributed by atoms with Crippen LogP contribution in [0.5, 0.6) is 0 Å². The maximum Gasteiger partial charge on any atom is 0.411 e. The Labute approximate surface area is 202 Å². The van der Waals surface area contributed by atoms with Crippen molar-refractivity contribution in [2.24, 2.45) is 0 Å². The number of halogens is 1. The fourth-order valence-electron chi connectivity index (χ4n) is 3.92. The van der Waals surface area contributed by atoms with Gasteiger partial charge in [-0.15, -0.1) is 0 Å². The molecule has 2 N–H and O–H groups in total. The van der Waals surface area contributed by atoms with Crippen LogP contribution in [-0.2, 0) is 27.3 Å². The van der Waals surface area contributed by atoms with Gasteiger partial charge in [-0.05, 0) is 47.5 Å². The van der Waals surface area contributed by atoms with Crippen molar-refractivity contribution >= 4 is 23.6 Å². The highest BCUT2D eigenvalue weighted by Gasteiger charge is 2.46. The van der Waals surface area contributed by atoms with Crippen LogP contribution < -0.4 is 10.6 Å². The number of carbonyl (C=O) groups is 3. The summed E-state index contributed by atoms with van der Waals surface area (Å²) in [4.78, 5) is 43.1. The lowest BCUT2D eigenvalue weighted by Gasteiger charge is -2.24. The molecule has 4 rings (SSSR count). The van der Waals surface area contributed by atoms with E-state index < -0.39 is 24.1 Å². The summed E-state index contributed by atoms with van der Waals surface area (Å²) in [5.41, 5.74) is 2.69. The molecule has 2 heterocycles. The quantitative estimate of drug-likeness (QED) is 0.518. The zero-order valence-corrected chi connectivity index (χ0v) is 19.1. The first-order valence-corrected chi connectivity index (χ1v) is 11.2. The first kappa shape index (κ1) is 23.9. The molecule has 9 heteroatoms. The van der Waals surface area contributed by atoms with Crippen molar-refractivity contribution in [1.82, 2.24) is 15.2 Å². The summed E-state index contributed by atoms with van der Waals surface area (Å²) in [6, 6.07) is 17.1. The molecule has 1 aliphatic heterocycles. The van der Waals surface area contributed by atoms with Crippen LogP contribution in [0.15, 0.2) is 72.9 Å². The van der Waals surface area contributed by atoms with Crippen molar-refractivity contribution in [1.29, 1.82) is 0 Å². The summed E-state index contributed by atoms with van der Waals surface area (Å²) >= 11 is 0. The van der Waals surface area contributed by atoms with Gasteiger partial charge >= 0.3 is 6.09 Å². The van der Waals surface area contributed by atoms with Crippen molar-refractivity contribution in [2.45, 2.75) is 32.0 Å². The molecule has 35 heavy (non-hydrogen) atoms. The van der Waals surface area contributed by atoms with Gasteiger partial charge in [0, 0.05) is 37.5 Å². The maximum atomic E-state index is 13.4. The number of hydrogen-bond acceptors (Lipinski definition) is 5. The van der Waals surface area contributed by atoms with Gasteiger partial charge in [-0.25, -0.2) is 9.18 Å². The Morgan fingerprint density at radius 1 is 1.06 bits per heavy atom. The lowest BCUT2D eigenvalue weighted by molar-refractivity contribution is -0.126. The van der Waals surface area contributed by atoms with Crippen LogP contribution in [0.25, 0.3) is 0 Å². The van der Waals surface area contributed by atoms with Crippen LogP contribution in [0.4, 0.5) is 14.9 Å². The Balaban J connectivity index is 1.55. The molecule has 3 aromatic rings. The van der Waals surface area contributed by atoms with Crippen molar-refractivity contribution in [2.75, 3.05) is 11.9 Å². The van der Waals surface area contributed by atoms with Gasteiger partial charge in [-0.1, -0.05) is 30.3 Å². The van der Waals surface area contributed by atoms with Gasteiger partial charge in [-0.3, -0.25) is 19.5 Å². The minimum absolute atomic E-state index is 0.0813. The number of ether oxygens (including phenoxy) is 1. The topological polar surface area (TPSA) is 101 Å². The number of nitrogens with zero attached hydrogens (tertiary/aromatic N) is 2. The SMILES string of the molecule is CC(=O)Nc1ccc(C2OC(=O)N(Cc3ccc(F)cc3)C2C(=O)NCCc2ccccn2)cc1. The molecular weight excluding hydrogens is 451 g/mol. The second-order valence-electron chi connectivity index (χ2n) is 8.17. The average molecular weight is 477 g/mol. The standard InChI is InChI=1S/C26H25FN4O4/c1-17(32)30-22-11-7-19(8-12-22)24-23(25(33)29-15-13-21-4-2-3-14-28-21)31(26(34)35-24)16-18-5-9-20(27)10-6-18/h2-12,14,23-24H,13,15-16H2,1H3,(H,29,33)(H,30,32). The third-order valence-electron chi connectivity index (χ3n) is 5.59. The number of cyclic esters (lactones) is 1. The van der Waals surface area contributed by atoms with Gasteiger partial charge in [0.1, 0.15) is 5.82 Å². The molecule has 0 bridgehead atoms. The van der Waals surface area contributed by atoms with Crippen molar-refractivity contribution < 1.29 is 23.5 Å². The number of amides is 3. The van der Waals surface area contributed by atoms with Gasteiger partial charge in [0.25, 0.3) is 0 Å². The zero-order valence-electron chi connectivity index (χ0n) is 19.1. The van der Waals surface area contributed by atoms with E-state index in [9.17, 15) is 18.8 Å². The van der Waals surface area contributed by atoms with E-state index in [1.807, 2.05) is 18.2 Å². The summed E-state index contributed by atoms with van der Waals surface area (Å²) in [6.07, 6.45) is 0.715. The molecule has 2 unspecified atom stereocenters. The van der Waals surface area contributed by atoms with E-state index in [2.05, 4.69) is 15.6 Å². The van der Waals surface area contributed by atoms with Gasteiger partial charge in [-0.2, -0.15) is 0 Å². The molecule has 8 nitrogen and oxygen atoms in total. The smallest absolute Gasteiger partial charge is 0.411 e. The van der Waals surface area contributed by atoms with Gasteiger partial charge in [0.05, 0.1) is 6.54 Å². The first-order chi connectivity index (χ1) is 16.9. The number of anilines is 1. The number of rotatable bonds is 8. The number of pyridine rings is 1. The monoisotopic (exact) mass is 476 g/mol. The van der Waals surface area contributed by atoms with Crippen LogP contribution in [0, 0.1) is 5.82 Å². The van der Waals surface area contributed by atoms with Crippen molar-refractivity contribution in [3.05, 3.63) is 95.6 Å². The third kappa shape index (κ3) is 6.00. The summed E-state index contributed by atoms with van der Waals surface area (Å²) in [7, 11) is 0. The second kappa shape index (κ2) is 10.8. The molecule has 2 atom stereocenters. The molecular formula is C26H25FN4O4. The molecule has 0 spiro atoms. The Hall–Kier alpha value is -4.27. The highest BCUT2D eigenvalue weighted by atomic mass is 19.1. The van der Waals surface area contributed by atoms with Crippen molar-refractivity contribution in [3.63, 3.8) is 0 Å². The predicted octanol–water partition coefficient (Wildman–Crippen LogP) is 3.60. The lowest BCUT2D eigenvalue weighted by atomic mass is 10.00. The van der Waals surface area contributed by atoms with Crippen LogP contribution >= 0.6 is 0 Å². The highest BCUT2D eigenvalue weighted by molar-refractivity contribution is 5.90. The molecule has 0 radical (unpaired) electrons. The van der Waals surface area contributed by atoms with Gasteiger partial charge in [0.2, 0.25) is 11.8 Å². The van der Waals surface area contributed by atoms with Crippen molar-refractivity contribution in [3.8, 4) is 0 Å². The Bertz CT molecular complexity index is 1190. The molecule has 2 aromatic carbocycles. The van der Waals surface area contributed by atoms with E-state index in [0.717, 1.165) is 5.69 Å². The largest absolute Gasteiger partial charge is 0.438 e. The fraction of sp³-hybridized carbons (Fsp3) is 0.231. The third-order valence-corrected chi connectivity index (χ3v) is 5.59. The minimum Gasteiger partial charge on any atom is -0.438 e. The van der Waals surface area contributed by atoms with Crippen LogP contribution in [0.2, 0.25) is 0 Å². The molecule has 3 amide bonds. The minimum atomic E-state index is -0.942. The molecule has 1 aliphatic rings. The van der Waals surface area contributed by atoms with E-state index in [1.165, 1.54) is 24.0 Å². The Morgan fingerprint density at radius 2 is 1.80 bits per heavy atom. The summed E-state index contributed by atoms with van der Waals surface area (Å²) in [5.74, 6) is -0.968. The Morgan fingerprint density at radius 3 is 2.46 bits per heavy atom. The fourth-order valence-corrected chi connectivity index (χ4v) is 3.92. The second-order valence-corrected chi connectivity index (χ2v) is 8.17. The molecule has 1 saturated heterocycles. The van der Waals surface area contributed by atoms with Crippen LogP contribution in [0.3, 0.4) is 0 Å². The van der Waals surface area contributed by atoms with Gasteiger partial charge in [0.15, 0.2) is 12.1 Å². The lowest BCUT2D eigenvalue weighted by Crippen LogP contribution is -2.46. The van der Waals surface area contributed by atoms with E-state index in [1.54, 1.807) is 42.6 Å². The van der Waals surface area contributed by atoms with E-state index >= 15 is 0 Å². The van der Waals surface area contributed by atoms with Crippen LogP contribution in [0.1, 0.15) is 29.8 Å². The Kier molecular flexibility index (Phi) is 7.35. The van der Waals surface area contributed by atoms with E-state index in [-0.39, 0.29) is 18.4 Å². The van der Waals surface area contributed by atoms with E-state index in [0.29, 0.717) is 29.8 Å². The molecule has 180 valence electrons. The van der Waals surface area contributed by atoms with Crippen LogP contribution in [-0.4, -0.2) is 40.4 Å². The molecule has 0 aliphatic carbocycles. The zero-order chi connectivity index (χ0) is 24.8. The molecule has 1 fully saturated rings. The number of benzene rings is 2. The summed E-state index contributed by atoms with van der Waals surface area (Å²) in [6.45, 7) is 1.82. The normalized spacial score (nSPS) is 17.1. The number of carbonyl (C=O) groups excluding carboxylic acids is 3. The predicted molar refractivity (Wildman–Crippen MR) is 127 cm³/mol. The first-order valence-electron chi connectivity index (χ1n) is 11.2. The molecule has 0 saturated carbocycles. The summed E-state index contributed by atoms with van der Waals surface area (Å²) < 4.78 is 19.0. The number of aromatic nitrogens is 1. The molecule has 1 aromatic heterocycles. The summed E-state index contributed by atoms with van der Waals surface area (Å²) in [5, 5.41) is 5.57. The van der Waals surface area contributed by atoms with E-state index in [4.69, 9.17) is 4.74 Å². The van der Waals surface area contributed by atoms with Gasteiger partial charge < -0.3 is 15.4 Å².